The van der Waals surface area contributed by atoms with Crippen molar-refractivity contribution in [3.8, 4) is 0 Å². The number of rotatable bonds is 2. The van der Waals surface area contributed by atoms with Crippen molar-refractivity contribution >= 4 is 29.8 Å². The number of nitrogens with zero attached hydrogens (tertiary/aromatic N) is 1. The lowest BCUT2D eigenvalue weighted by Gasteiger charge is -2.19. The molecule has 2 rings (SSSR count). The summed E-state index contributed by atoms with van der Waals surface area (Å²) < 4.78 is 0. The Morgan fingerprint density at radius 1 is 1.10 bits per heavy atom. The van der Waals surface area contributed by atoms with Crippen LogP contribution in [0, 0.1) is 0 Å². The number of aromatic nitrogens is 1. The molecule has 1 heterocycles. The lowest BCUT2D eigenvalue weighted by molar-refractivity contribution is 0.102. The van der Waals surface area contributed by atoms with Crippen LogP contribution in [-0.4, -0.2) is 10.9 Å². The molecule has 2 aromatic rings. The lowest BCUT2D eigenvalue weighted by Crippen LogP contribution is -2.15. The number of pyridine rings is 1. The Morgan fingerprint density at radius 3 is 2.24 bits per heavy atom. The van der Waals surface area contributed by atoms with Crippen molar-refractivity contribution in [2.45, 2.75) is 26.2 Å². The Hall–Kier alpha value is -2.07. The number of nitrogens with one attached hydrogen (secondary N) is 1. The summed E-state index contributed by atoms with van der Waals surface area (Å²) in [5.74, 6) is 0.0709. The smallest absolute Gasteiger partial charge is 0.274 e. The van der Waals surface area contributed by atoms with Crippen LogP contribution in [0.1, 0.15) is 36.8 Å². The van der Waals surface area contributed by atoms with Gasteiger partial charge in [-0.25, -0.2) is 4.98 Å². The number of nitrogens with two attached hydrogens (primary N) is 1. The number of carbonyl (C=O) groups is 1. The fraction of sp³-hybridized carbons (Fsp3) is 0.250. The molecular formula is C16H20ClN3O. The van der Waals surface area contributed by atoms with E-state index in [0.29, 0.717) is 11.5 Å². The summed E-state index contributed by atoms with van der Waals surface area (Å²) in [6, 6.07) is 12.8. The van der Waals surface area contributed by atoms with E-state index in [1.165, 1.54) is 5.56 Å². The molecule has 1 amide bonds. The van der Waals surface area contributed by atoms with Crippen LogP contribution in [-0.2, 0) is 5.41 Å². The maximum absolute atomic E-state index is 12.0. The summed E-state index contributed by atoms with van der Waals surface area (Å²) in [4.78, 5) is 16.0. The molecule has 3 N–H and O–H groups in total. The summed E-state index contributed by atoms with van der Waals surface area (Å²) in [5, 5.41) is 2.81. The molecule has 0 spiro atoms. The molecule has 21 heavy (non-hydrogen) atoms. The van der Waals surface area contributed by atoms with Crippen LogP contribution < -0.4 is 11.1 Å². The van der Waals surface area contributed by atoms with Gasteiger partial charge in [-0.15, -0.1) is 12.4 Å². The average Bonchev–Trinajstić information content (AvgIpc) is 2.38. The van der Waals surface area contributed by atoms with Gasteiger partial charge in [0.05, 0.1) is 0 Å². The van der Waals surface area contributed by atoms with Gasteiger partial charge in [-0.2, -0.15) is 0 Å². The van der Waals surface area contributed by atoms with Gasteiger partial charge in [0.1, 0.15) is 11.5 Å². The van der Waals surface area contributed by atoms with E-state index in [-0.39, 0.29) is 23.7 Å². The zero-order valence-corrected chi connectivity index (χ0v) is 13.2. The van der Waals surface area contributed by atoms with E-state index in [0.717, 1.165) is 5.69 Å². The van der Waals surface area contributed by atoms with E-state index in [4.69, 9.17) is 5.73 Å². The van der Waals surface area contributed by atoms with Crippen LogP contribution >= 0.6 is 12.4 Å². The van der Waals surface area contributed by atoms with Crippen molar-refractivity contribution in [3.05, 3.63) is 53.7 Å². The van der Waals surface area contributed by atoms with Crippen LogP contribution in [0.4, 0.5) is 11.5 Å². The van der Waals surface area contributed by atoms with Crippen LogP contribution in [0.3, 0.4) is 0 Å². The minimum absolute atomic E-state index is 0. The van der Waals surface area contributed by atoms with Crippen LogP contribution in [0.15, 0.2) is 42.5 Å². The maximum Gasteiger partial charge on any atom is 0.274 e. The second-order valence-corrected chi connectivity index (χ2v) is 5.73. The molecule has 1 aromatic carbocycles. The predicted molar refractivity (Wildman–Crippen MR) is 89.0 cm³/mol. The monoisotopic (exact) mass is 305 g/mol. The first-order valence-corrected chi connectivity index (χ1v) is 6.51. The fourth-order valence-electron chi connectivity index (χ4n) is 1.83. The first-order chi connectivity index (χ1) is 9.36. The predicted octanol–water partition coefficient (Wildman–Crippen LogP) is 3.64. The topological polar surface area (TPSA) is 68.0 Å². The first-order valence-electron chi connectivity index (χ1n) is 6.51. The molecule has 0 saturated heterocycles. The minimum atomic E-state index is -0.263. The van der Waals surface area contributed by atoms with E-state index in [1.807, 2.05) is 24.3 Å². The van der Waals surface area contributed by atoms with E-state index < -0.39 is 0 Å². The highest BCUT2D eigenvalue weighted by atomic mass is 35.5. The minimum Gasteiger partial charge on any atom is -0.384 e. The number of carbonyl (C=O) groups excluding carboxylic acids is 1. The van der Waals surface area contributed by atoms with Crippen molar-refractivity contribution in [2.24, 2.45) is 0 Å². The largest absolute Gasteiger partial charge is 0.384 e. The van der Waals surface area contributed by atoms with Gasteiger partial charge in [0.2, 0.25) is 0 Å². The number of hydrogen-bond acceptors (Lipinski definition) is 3. The second kappa shape index (κ2) is 6.59. The molecule has 0 radical (unpaired) electrons. The van der Waals surface area contributed by atoms with Crippen molar-refractivity contribution in [1.82, 2.24) is 4.98 Å². The Balaban J connectivity index is 0.00000220. The van der Waals surface area contributed by atoms with E-state index in [2.05, 4.69) is 31.1 Å². The van der Waals surface area contributed by atoms with E-state index in [1.54, 1.807) is 18.2 Å². The Kier molecular flexibility index (Phi) is 5.33. The Bertz CT molecular complexity index is 618. The van der Waals surface area contributed by atoms with Crippen molar-refractivity contribution in [2.75, 3.05) is 11.1 Å². The van der Waals surface area contributed by atoms with Gasteiger partial charge in [0.15, 0.2) is 0 Å². The molecule has 0 saturated carbocycles. The molecule has 4 nitrogen and oxygen atoms in total. The third-order valence-electron chi connectivity index (χ3n) is 3.01. The molecule has 0 atom stereocenters. The van der Waals surface area contributed by atoms with Crippen molar-refractivity contribution in [3.63, 3.8) is 0 Å². The zero-order chi connectivity index (χ0) is 14.8. The highest BCUT2D eigenvalue weighted by Gasteiger charge is 2.13. The molecule has 0 aliphatic carbocycles. The van der Waals surface area contributed by atoms with Gasteiger partial charge in [-0.3, -0.25) is 4.79 Å². The fourth-order valence-corrected chi connectivity index (χ4v) is 1.83. The molecule has 0 aliphatic rings. The van der Waals surface area contributed by atoms with Crippen LogP contribution in [0.5, 0.6) is 0 Å². The third-order valence-corrected chi connectivity index (χ3v) is 3.01. The van der Waals surface area contributed by atoms with Gasteiger partial charge < -0.3 is 11.1 Å². The maximum atomic E-state index is 12.0. The first kappa shape index (κ1) is 17.0. The molecule has 0 aliphatic heterocycles. The highest BCUT2D eigenvalue weighted by molar-refractivity contribution is 6.03. The van der Waals surface area contributed by atoms with Gasteiger partial charge in [0.25, 0.3) is 5.91 Å². The summed E-state index contributed by atoms with van der Waals surface area (Å²) in [6.07, 6.45) is 0. The second-order valence-electron chi connectivity index (χ2n) is 5.73. The van der Waals surface area contributed by atoms with Gasteiger partial charge in [0, 0.05) is 5.69 Å². The molecule has 1 aromatic heterocycles. The van der Waals surface area contributed by atoms with E-state index in [9.17, 15) is 4.79 Å². The van der Waals surface area contributed by atoms with Crippen LogP contribution in [0.2, 0.25) is 0 Å². The van der Waals surface area contributed by atoms with Gasteiger partial charge in [-0.05, 0) is 35.2 Å². The molecule has 0 unspecified atom stereocenters. The summed E-state index contributed by atoms with van der Waals surface area (Å²) in [7, 11) is 0. The normalized spacial score (nSPS) is 10.6. The van der Waals surface area contributed by atoms with Crippen molar-refractivity contribution in [1.29, 1.82) is 0 Å². The number of halogens is 1. The van der Waals surface area contributed by atoms with Crippen LogP contribution in [0.25, 0.3) is 0 Å². The third kappa shape index (κ3) is 4.46. The standard InChI is InChI=1S/C16H19N3O.ClH/c1-16(2,3)11-7-9-12(10-8-11)18-15(20)13-5-4-6-14(17)19-13;/h4-10H,1-3H3,(H2,17,19)(H,18,20);1H. The molecule has 0 bridgehead atoms. The molecule has 5 heteroatoms. The summed E-state index contributed by atoms with van der Waals surface area (Å²) in [5.41, 5.74) is 7.93. The Morgan fingerprint density at radius 2 is 1.71 bits per heavy atom. The molecular weight excluding hydrogens is 286 g/mol. The zero-order valence-electron chi connectivity index (χ0n) is 12.4. The number of benzene rings is 1. The van der Waals surface area contributed by atoms with E-state index >= 15 is 0 Å². The molecule has 112 valence electrons. The Labute approximate surface area is 131 Å². The highest BCUT2D eigenvalue weighted by Crippen LogP contribution is 2.23. The summed E-state index contributed by atoms with van der Waals surface area (Å²) >= 11 is 0. The average molecular weight is 306 g/mol. The summed E-state index contributed by atoms with van der Waals surface area (Å²) in [6.45, 7) is 6.45. The van der Waals surface area contributed by atoms with Crippen molar-refractivity contribution < 1.29 is 4.79 Å². The number of nitrogen functional groups attached to an aromatic ring is 1. The lowest BCUT2D eigenvalue weighted by atomic mass is 9.87. The number of amides is 1. The number of anilines is 2. The van der Waals surface area contributed by atoms with Gasteiger partial charge >= 0.3 is 0 Å². The SMILES string of the molecule is CC(C)(C)c1ccc(NC(=O)c2cccc(N)n2)cc1.Cl. The molecule has 0 fully saturated rings. The number of hydrogen-bond donors (Lipinski definition) is 2. The quantitative estimate of drug-likeness (QED) is 0.890. The van der Waals surface area contributed by atoms with Gasteiger partial charge in [-0.1, -0.05) is 39.0 Å².